The van der Waals surface area contributed by atoms with Crippen molar-refractivity contribution in [3.05, 3.63) is 53.3 Å². The lowest BCUT2D eigenvalue weighted by Gasteiger charge is -2.13. The Morgan fingerprint density at radius 2 is 1.86 bits per heavy atom. The van der Waals surface area contributed by atoms with Crippen molar-refractivity contribution in [2.75, 3.05) is 23.4 Å². The topological polar surface area (TPSA) is 128 Å². The highest BCUT2D eigenvalue weighted by atomic mass is 35.5. The van der Waals surface area contributed by atoms with Gasteiger partial charge in [0.05, 0.1) is 29.6 Å². The maximum atomic E-state index is 12.6. The van der Waals surface area contributed by atoms with Crippen LogP contribution in [0.25, 0.3) is 5.69 Å². The number of aromatic nitrogens is 4. The third-order valence-corrected chi connectivity index (χ3v) is 4.46. The standard InChI is InChI=1S/C16H15ClN6O4S/c1-27-15-8-14(23-9-18-21-22-23)13(17)7-12(15)16(24)19-10-3-5-11(6-4-10)20-28(2,25)26/h3-9,20H,1-2H3,(H,19,24). The summed E-state index contributed by atoms with van der Waals surface area (Å²) in [4.78, 5) is 12.6. The molecule has 1 amide bonds. The first-order valence-electron chi connectivity index (χ1n) is 7.77. The van der Waals surface area contributed by atoms with Crippen LogP contribution in [-0.2, 0) is 10.0 Å². The number of hydrogen-bond donors (Lipinski definition) is 2. The lowest BCUT2D eigenvalue weighted by molar-refractivity contribution is 0.102. The molecule has 1 heterocycles. The first-order chi connectivity index (χ1) is 13.3. The van der Waals surface area contributed by atoms with Crippen LogP contribution in [0.1, 0.15) is 10.4 Å². The monoisotopic (exact) mass is 422 g/mol. The number of amides is 1. The Bertz CT molecular complexity index is 1100. The number of rotatable bonds is 6. The van der Waals surface area contributed by atoms with Gasteiger partial charge in [0.2, 0.25) is 10.0 Å². The minimum atomic E-state index is -3.38. The van der Waals surface area contributed by atoms with Crippen LogP contribution in [0.4, 0.5) is 11.4 Å². The van der Waals surface area contributed by atoms with Gasteiger partial charge in [-0.3, -0.25) is 9.52 Å². The molecule has 0 saturated heterocycles. The molecule has 0 aliphatic heterocycles. The summed E-state index contributed by atoms with van der Waals surface area (Å²) in [6, 6.07) is 9.19. The molecule has 0 spiro atoms. The van der Waals surface area contributed by atoms with E-state index in [2.05, 4.69) is 25.6 Å². The van der Waals surface area contributed by atoms with E-state index in [9.17, 15) is 13.2 Å². The van der Waals surface area contributed by atoms with Crippen LogP contribution in [0.2, 0.25) is 5.02 Å². The van der Waals surface area contributed by atoms with Gasteiger partial charge < -0.3 is 10.1 Å². The second-order valence-corrected chi connectivity index (χ2v) is 7.82. The zero-order chi connectivity index (χ0) is 20.3. The molecule has 0 saturated carbocycles. The van der Waals surface area contributed by atoms with Gasteiger partial charge >= 0.3 is 0 Å². The first-order valence-corrected chi connectivity index (χ1v) is 10.0. The predicted molar refractivity (Wildman–Crippen MR) is 104 cm³/mol. The molecule has 12 heteroatoms. The number of carbonyl (C=O) groups excluding carboxylic acids is 1. The second kappa shape index (κ2) is 7.82. The normalized spacial score (nSPS) is 11.1. The minimum Gasteiger partial charge on any atom is -0.496 e. The van der Waals surface area contributed by atoms with Crippen LogP contribution in [0, 0.1) is 0 Å². The third kappa shape index (κ3) is 4.56. The Hall–Kier alpha value is -3.18. The Labute approximate surface area is 165 Å². The first kappa shape index (κ1) is 19.6. The molecule has 0 bridgehead atoms. The summed E-state index contributed by atoms with van der Waals surface area (Å²) in [6.45, 7) is 0. The van der Waals surface area contributed by atoms with Gasteiger partial charge in [0.25, 0.3) is 5.91 Å². The van der Waals surface area contributed by atoms with E-state index in [1.807, 2.05) is 0 Å². The molecule has 0 aliphatic rings. The molecule has 3 aromatic rings. The summed E-state index contributed by atoms with van der Waals surface area (Å²) in [5.41, 5.74) is 1.51. The quantitative estimate of drug-likeness (QED) is 0.621. The van der Waals surface area contributed by atoms with Crippen LogP contribution < -0.4 is 14.8 Å². The number of nitrogens with zero attached hydrogens (tertiary/aromatic N) is 4. The fourth-order valence-corrected chi connectivity index (χ4v) is 3.18. The maximum Gasteiger partial charge on any atom is 0.259 e. The predicted octanol–water partition coefficient (Wildman–Crippen LogP) is 1.95. The van der Waals surface area contributed by atoms with E-state index in [0.29, 0.717) is 17.1 Å². The number of benzene rings is 2. The highest BCUT2D eigenvalue weighted by molar-refractivity contribution is 7.92. The molecular weight excluding hydrogens is 408 g/mol. The fraction of sp³-hybridized carbons (Fsp3) is 0.125. The number of tetrazole rings is 1. The number of anilines is 2. The van der Waals surface area contributed by atoms with E-state index in [4.69, 9.17) is 16.3 Å². The number of hydrogen-bond acceptors (Lipinski definition) is 7. The van der Waals surface area contributed by atoms with Crippen molar-refractivity contribution in [3.8, 4) is 11.4 Å². The summed E-state index contributed by atoms with van der Waals surface area (Å²) in [7, 11) is -1.95. The Morgan fingerprint density at radius 1 is 1.18 bits per heavy atom. The maximum absolute atomic E-state index is 12.6. The molecule has 0 fully saturated rings. The molecular formula is C16H15ClN6O4S. The van der Waals surface area contributed by atoms with Gasteiger partial charge in [-0.15, -0.1) is 5.10 Å². The highest BCUT2D eigenvalue weighted by Gasteiger charge is 2.17. The zero-order valence-electron chi connectivity index (χ0n) is 14.7. The molecule has 0 unspecified atom stereocenters. The van der Waals surface area contributed by atoms with E-state index in [1.54, 1.807) is 18.2 Å². The molecule has 146 valence electrons. The van der Waals surface area contributed by atoms with Gasteiger partial charge in [-0.1, -0.05) is 11.6 Å². The fourth-order valence-electron chi connectivity index (χ4n) is 2.37. The molecule has 28 heavy (non-hydrogen) atoms. The van der Waals surface area contributed by atoms with Crippen molar-refractivity contribution in [1.82, 2.24) is 20.2 Å². The van der Waals surface area contributed by atoms with E-state index in [0.717, 1.165) is 6.26 Å². The average Bonchev–Trinajstić information content (AvgIpc) is 3.16. The summed E-state index contributed by atoms with van der Waals surface area (Å²) >= 11 is 6.26. The van der Waals surface area contributed by atoms with Crippen molar-refractivity contribution in [2.24, 2.45) is 0 Å². The van der Waals surface area contributed by atoms with Crippen molar-refractivity contribution >= 4 is 38.9 Å². The smallest absolute Gasteiger partial charge is 0.259 e. The molecule has 0 aliphatic carbocycles. The number of halogens is 1. The zero-order valence-corrected chi connectivity index (χ0v) is 16.3. The molecule has 2 N–H and O–H groups in total. The van der Waals surface area contributed by atoms with Gasteiger partial charge in [-0.05, 0) is 40.8 Å². The number of ether oxygens (including phenoxy) is 1. The van der Waals surface area contributed by atoms with Gasteiger partial charge in [0.15, 0.2) is 0 Å². The van der Waals surface area contributed by atoms with Crippen molar-refractivity contribution in [3.63, 3.8) is 0 Å². The molecule has 1 aromatic heterocycles. The van der Waals surface area contributed by atoms with Crippen LogP contribution >= 0.6 is 11.6 Å². The van der Waals surface area contributed by atoms with Gasteiger partial charge in [-0.2, -0.15) is 4.68 Å². The summed E-state index contributed by atoms with van der Waals surface area (Å²) in [5, 5.41) is 13.8. The highest BCUT2D eigenvalue weighted by Crippen LogP contribution is 2.30. The largest absolute Gasteiger partial charge is 0.496 e. The molecule has 2 aromatic carbocycles. The van der Waals surface area contributed by atoms with E-state index in [-0.39, 0.29) is 16.3 Å². The van der Waals surface area contributed by atoms with Crippen LogP contribution in [0.15, 0.2) is 42.7 Å². The average molecular weight is 423 g/mol. The van der Waals surface area contributed by atoms with E-state index in [1.165, 1.54) is 36.3 Å². The number of methoxy groups -OCH3 is 1. The van der Waals surface area contributed by atoms with Crippen molar-refractivity contribution in [1.29, 1.82) is 0 Å². The lowest BCUT2D eigenvalue weighted by atomic mass is 10.1. The summed E-state index contributed by atoms with van der Waals surface area (Å²) in [5.74, 6) is -0.173. The van der Waals surface area contributed by atoms with Crippen molar-refractivity contribution < 1.29 is 17.9 Å². The van der Waals surface area contributed by atoms with Gasteiger partial charge in [0, 0.05) is 17.4 Å². The summed E-state index contributed by atoms with van der Waals surface area (Å²) in [6.07, 6.45) is 2.42. The number of nitrogens with one attached hydrogen (secondary N) is 2. The second-order valence-electron chi connectivity index (χ2n) is 5.66. The third-order valence-electron chi connectivity index (χ3n) is 3.56. The Kier molecular flexibility index (Phi) is 5.47. The Balaban J connectivity index is 1.83. The van der Waals surface area contributed by atoms with Crippen LogP contribution in [0.5, 0.6) is 5.75 Å². The number of carbonyl (C=O) groups is 1. The van der Waals surface area contributed by atoms with Crippen LogP contribution in [-0.4, -0.2) is 47.9 Å². The summed E-state index contributed by atoms with van der Waals surface area (Å²) < 4.78 is 31.5. The SMILES string of the molecule is COc1cc(-n2cnnn2)c(Cl)cc1C(=O)Nc1ccc(NS(C)(=O)=O)cc1. The lowest BCUT2D eigenvalue weighted by Crippen LogP contribution is -2.14. The van der Waals surface area contributed by atoms with E-state index < -0.39 is 15.9 Å². The van der Waals surface area contributed by atoms with Crippen molar-refractivity contribution in [2.45, 2.75) is 0 Å². The Morgan fingerprint density at radius 3 is 2.43 bits per heavy atom. The molecule has 0 atom stereocenters. The van der Waals surface area contributed by atoms with Crippen LogP contribution in [0.3, 0.4) is 0 Å². The molecule has 0 radical (unpaired) electrons. The number of sulfonamides is 1. The van der Waals surface area contributed by atoms with Gasteiger partial charge in [0.1, 0.15) is 12.1 Å². The minimum absolute atomic E-state index is 0.211. The van der Waals surface area contributed by atoms with Gasteiger partial charge in [-0.25, -0.2) is 8.42 Å². The molecule has 10 nitrogen and oxygen atoms in total. The molecule has 3 rings (SSSR count). The van der Waals surface area contributed by atoms with E-state index >= 15 is 0 Å².